The molecule has 1 aromatic carbocycles. The summed E-state index contributed by atoms with van der Waals surface area (Å²) in [5.41, 5.74) is 4.60. The van der Waals surface area contributed by atoms with Crippen LogP contribution >= 0.6 is 0 Å². The van der Waals surface area contributed by atoms with E-state index in [0.717, 1.165) is 28.0 Å². The van der Waals surface area contributed by atoms with Crippen LogP contribution in [0.15, 0.2) is 36.9 Å². The molecular weight excluding hydrogens is 398 g/mol. The van der Waals surface area contributed by atoms with E-state index in [4.69, 9.17) is 18.9 Å². The van der Waals surface area contributed by atoms with Crippen molar-refractivity contribution >= 4 is 11.2 Å². The molecule has 9 nitrogen and oxygen atoms in total. The van der Waals surface area contributed by atoms with Gasteiger partial charge in [-0.1, -0.05) is 0 Å². The molecule has 9 heteroatoms. The van der Waals surface area contributed by atoms with Crippen LogP contribution in [0.25, 0.3) is 11.2 Å². The Labute approximate surface area is 179 Å². The maximum absolute atomic E-state index is 6.27. The van der Waals surface area contributed by atoms with Crippen LogP contribution in [-0.2, 0) is 13.6 Å². The zero-order valence-corrected chi connectivity index (χ0v) is 17.8. The average Bonchev–Trinajstić information content (AvgIpc) is 3.35. The lowest BCUT2D eigenvalue weighted by atomic mass is 10.1. The van der Waals surface area contributed by atoms with Crippen molar-refractivity contribution in [2.75, 3.05) is 20.8 Å². The predicted molar refractivity (Wildman–Crippen MR) is 113 cm³/mol. The summed E-state index contributed by atoms with van der Waals surface area (Å²) in [6.45, 7) is 2.98. The van der Waals surface area contributed by atoms with Gasteiger partial charge in [0.25, 0.3) is 0 Å². The van der Waals surface area contributed by atoms with Gasteiger partial charge in [0.1, 0.15) is 17.9 Å². The van der Waals surface area contributed by atoms with Gasteiger partial charge in [0, 0.05) is 24.4 Å². The minimum atomic E-state index is -0.238. The Bertz CT molecular complexity index is 1250. The van der Waals surface area contributed by atoms with Crippen LogP contribution < -0.4 is 18.9 Å². The molecule has 1 aliphatic heterocycles. The van der Waals surface area contributed by atoms with Crippen molar-refractivity contribution in [1.29, 1.82) is 0 Å². The smallest absolute Gasteiger partial charge is 0.204 e. The summed E-state index contributed by atoms with van der Waals surface area (Å²) >= 11 is 0. The van der Waals surface area contributed by atoms with E-state index >= 15 is 0 Å². The van der Waals surface area contributed by atoms with Gasteiger partial charge in [-0.2, -0.15) is 5.10 Å². The summed E-state index contributed by atoms with van der Waals surface area (Å²) in [5.74, 6) is 2.56. The first-order valence-corrected chi connectivity index (χ1v) is 9.91. The Morgan fingerprint density at radius 2 is 2.00 bits per heavy atom. The van der Waals surface area contributed by atoms with E-state index in [0.29, 0.717) is 36.1 Å². The van der Waals surface area contributed by atoms with E-state index in [2.05, 4.69) is 15.1 Å². The van der Waals surface area contributed by atoms with Crippen molar-refractivity contribution in [1.82, 2.24) is 24.3 Å². The number of methoxy groups -OCH3 is 2. The second kappa shape index (κ2) is 7.50. The molecule has 31 heavy (non-hydrogen) atoms. The number of hydrogen-bond acceptors (Lipinski definition) is 7. The minimum absolute atomic E-state index is 0.238. The maximum atomic E-state index is 6.27. The van der Waals surface area contributed by atoms with E-state index in [1.165, 1.54) is 0 Å². The van der Waals surface area contributed by atoms with Crippen molar-refractivity contribution < 1.29 is 18.9 Å². The number of aryl methyl sites for hydroxylation is 1. The molecule has 0 amide bonds. The summed E-state index contributed by atoms with van der Waals surface area (Å²) in [7, 11) is 5.15. The molecule has 4 aromatic rings. The Morgan fingerprint density at radius 3 is 2.74 bits per heavy atom. The van der Waals surface area contributed by atoms with Gasteiger partial charge in [-0.05, 0) is 24.6 Å². The molecule has 3 aromatic heterocycles. The minimum Gasteiger partial charge on any atom is -0.495 e. The maximum Gasteiger partial charge on any atom is 0.204 e. The molecule has 1 unspecified atom stereocenters. The highest BCUT2D eigenvalue weighted by atomic mass is 16.6. The first-order chi connectivity index (χ1) is 15.1. The summed E-state index contributed by atoms with van der Waals surface area (Å²) in [4.78, 5) is 8.90. The van der Waals surface area contributed by atoms with Crippen molar-refractivity contribution in [2.45, 2.75) is 19.6 Å². The zero-order chi connectivity index (χ0) is 21.5. The van der Waals surface area contributed by atoms with Crippen molar-refractivity contribution in [3.05, 3.63) is 53.7 Å². The summed E-state index contributed by atoms with van der Waals surface area (Å²) < 4.78 is 27.0. The molecule has 1 atom stereocenters. The SMILES string of the molecule is COc1cnc2c(c1)ncn2Cc1cc(OC)c2c(c1)OCC(c1cnn(C)c1C)O2. The lowest BCUT2D eigenvalue weighted by Gasteiger charge is -2.28. The van der Waals surface area contributed by atoms with E-state index in [1.807, 2.05) is 47.6 Å². The van der Waals surface area contributed by atoms with Crippen LogP contribution in [0.1, 0.15) is 22.9 Å². The number of imidazole rings is 1. The molecule has 0 spiro atoms. The molecule has 0 N–H and O–H groups in total. The summed E-state index contributed by atoms with van der Waals surface area (Å²) in [6, 6.07) is 5.79. The normalized spacial score (nSPS) is 15.3. The van der Waals surface area contributed by atoms with Gasteiger partial charge in [-0.3, -0.25) is 4.68 Å². The van der Waals surface area contributed by atoms with E-state index in [1.54, 1.807) is 26.7 Å². The van der Waals surface area contributed by atoms with Crippen LogP contribution in [0.2, 0.25) is 0 Å². The third-order valence-corrected chi connectivity index (χ3v) is 5.59. The highest BCUT2D eigenvalue weighted by Gasteiger charge is 2.28. The Balaban J connectivity index is 1.45. The van der Waals surface area contributed by atoms with Gasteiger partial charge in [0.05, 0.1) is 39.5 Å². The zero-order valence-electron chi connectivity index (χ0n) is 17.8. The number of ether oxygens (including phenoxy) is 4. The molecule has 160 valence electrons. The van der Waals surface area contributed by atoms with Gasteiger partial charge in [0.2, 0.25) is 5.75 Å². The highest BCUT2D eigenvalue weighted by Crippen LogP contribution is 2.44. The van der Waals surface area contributed by atoms with Gasteiger partial charge in [-0.15, -0.1) is 0 Å². The highest BCUT2D eigenvalue weighted by molar-refractivity contribution is 5.72. The molecular formula is C22H23N5O4. The molecule has 0 fully saturated rings. The predicted octanol–water partition coefficient (Wildman–Crippen LogP) is 3.05. The Hall–Kier alpha value is -3.75. The van der Waals surface area contributed by atoms with Crippen LogP contribution in [0.4, 0.5) is 0 Å². The van der Waals surface area contributed by atoms with Gasteiger partial charge in [0.15, 0.2) is 23.3 Å². The standard InChI is InChI=1S/C22H23N5O4/c1-13-16(9-25-26(13)2)20-11-30-19-6-14(5-18(29-4)21(19)31-20)10-27-12-24-17-7-15(28-3)8-23-22(17)27/h5-9,12,20H,10-11H2,1-4H3. The van der Waals surface area contributed by atoms with E-state index < -0.39 is 0 Å². The quantitative estimate of drug-likeness (QED) is 0.490. The number of rotatable bonds is 5. The Kier molecular flexibility index (Phi) is 4.65. The molecule has 0 saturated carbocycles. The Morgan fingerprint density at radius 1 is 1.13 bits per heavy atom. The number of benzene rings is 1. The fraction of sp³-hybridized carbons (Fsp3) is 0.318. The van der Waals surface area contributed by atoms with Crippen LogP contribution in [0.3, 0.4) is 0 Å². The fourth-order valence-corrected chi connectivity index (χ4v) is 3.78. The summed E-state index contributed by atoms with van der Waals surface area (Å²) in [6.07, 6.45) is 5.03. The number of fused-ring (bicyclic) bond motifs is 2. The third kappa shape index (κ3) is 3.31. The number of aromatic nitrogens is 5. The number of hydrogen-bond donors (Lipinski definition) is 0. The number of nitrogens with zero attached hydrogens (tertiary/aromatic N) is 5. The lowest BCUT2D eigenvalue weighted by molar-refractivity contribution is 0.0865. The van der Waals surface area contributed by atoms with Gasteiger partial charge < -0.3 is 23.5 Å². The largest absolute Gasteiger partial charge is 0.495 e. The van der Waals surface area contributed by atoms with Gasteiger partial charge in [-0.25, -0.2) is 9.97 Å². The van der Waals surface area contributed by atoms with E-state index in [9.17, 15) is 0 Å². The third-order valence-electron chi connectivity index (χ3n) is 5.59. The summed E-state index contributed by atoms with van der Waals surface area (Å²) in [5, 5.41) is 4.31. The van der Waals surface area contributed by atoms with Gasteiger partial charge >= 0.3 is 0 Å². The van der Waals surface area contributed by atoms with Crippen molar-refractivity contribution in [3.8, 4) is 23.0 Å². The topological polar surface area (TPSA) is 85.5 Å². The molecule has 1 aliphatic rings. The second-order valence-corrected chi connectivity index (χ2v) is 7.44. The molecule has 4 heterocycles. The van der Waals surface area contributed by atoms with Crippen LogP contribution in [0.5, 0.6) is 23.0 Å². The molecule has 0 radical (unpaired) electrons. The molecule has 0 bridgehead atoms. The second-order valence-electron chi connectivity index (χ2n) is 7.44. The monoisotopic (exact) mass is 421 g/mol. The lowest BCUT2D eigenvalue weighted by Crippen LogP contribution is -2.22. The first kappa shape index (κ1) is 19.2. The molecule has 0 saturated heterocycles. The average molecular weight is 421 g/mol. The molecule has 5 rings (SSSR count). The first-order valence-electron chi connectivity index (χ1n) is 9.91. The van der Waals surface area contributed by atoms with E-state index in [-0.39, 0.29) is 6.10 Å². The van der Waals surface area contributed by atoms with Crippen molar-refractivity contribution in [3.63, 3.8) is 0 Å². The van der Waals surface area contributed by atoms with Crippen LogP contribution in [-0.4, -0.2) is 45.1 Å². The van der Waals surface area contributed by atoms with Crippen LogP contribution in [0, 0.1) is 6.92 Å². The molecule has 0 aliphatic carbocycles. The fourth-order valence-electron chi connectivity index (χ4n) is 3.78. The van der Waals surface area contributed by atoms with Crippen molar-refractivity contribution in [2.24, 2.45) is 7.05 Å². The number of pyridine rings is 1.